The third-order valence-electron chi connectivity index (χ3n) is 4.53. The lowest BCUT2D eigenvalue weighted by Gasteiger charge is -2.35. The molecule has 1 aromatic carbocycles. The van der Waals surface area contributed by atoms with Gasteiger partial charge in [0.1, 0.15) is 11.3 Å². The molecule has 0 saturated heterocycles. The van der Waals surface area contributed by atoms with Crippen molar-refractivity contribution in [3.63, 3.8) is 0 Å². The Morgan fingerprint density at radius 3 is 2.68 bits per heavy atom. The molecule has 3 rings (SSSR count). The Kier molecular flexibility index (Phi) is 3.78. The maximum Gasteiger partial charge on any atom is 0.410 e. The number of benzene rings is 1. The molecule has 22 heavy (non-hydrogen) atoms. The van der Waals surface area contributed by atoms with Crippen LogP contribution in [0.5, 0.6) is 5.75 Å². The fourth-order valence-electron chi connectivity index (χ4n) is 3.72. The molecule has 2 aromatic rings. The molecule has 2 unspecified atom stereocenters. The van der Waals surface area contributed by atoms with Crippen molar-refractivity contribution in [2.24, 2.45) is 17.6 Å². The van der Waals surface area contributed by atoms with E-state index in [4.69, 9.17) is 10.5 Å². The van der Waals surface area contributed by atoms with Crippen LogP contribution in [-0.2, 0) is 0 Å². The van der Waals surface area contributed by atoms with Gasteiger partial charge in [-0.05, 0) is 36.8 Å². The van der Waals surface area contributed by atoms with E-state index in [1.807, 2.05) is 6.07 Å². The van der Waals surface area contributed by atoms with Gasteiger partial charge in [-0.2, -0.15) is 0 Å². The third kappa shape index (κ3) is 2.66. The van der Waals surface area contributed by atoms with E-state index in [9.17, 15) is 9.90 Å². The number of imidazole rings is 1. The Balaban J connectivity index is 1.99. The molecular formula is C16H21N3O3. The van der Waals surface area contributed by atoms with Gasteiger partial charge in [-0.1, -0.05) is 19.9 Å². The zero-order chi connectivity index (χ0) is 15.9. The standard InChI is InChI=1S/C16H21N3O3/c1-8-6-10(20)7-9(2)13(8)15-18-11-4-3-5-12(14(11)19-15)22-16(17)21/h3-5,8-10,13,20H,6-7H2,1-2H3,(H2,17,21)(H,18,19). The van der Waals surface area contributed by atoms with Gasteiger partial charge in [-0.3, -0.25) is 0 Å². The number of aliphatic hydroxyl groups excluding tert-OH is 1. The van der Waals surface area contributed by atoms with Crippen LogP contribution < -0.4 is 10.5 Å². The lowest BCUT2D eigenvalue weighted by atomic mass is 9.72. The SMILES string of the molecule is CC1CC(O)CC(C)C1c1nc2c(OC(N)=O)cccc2[nH]1. The number of carbonyl (C=O) groups is 1. The Bertz CT molecular complexity index is 685. The average Bonchev–Trinajstić information content (AvgIpc) is 2.81. The molecular weight excluding hydrogens is 282 g/mol. The van der Waals surface area contributed by atoms with Crippen LogP contribution in [0.2, 0.25) is 0 Å². The van der Waals surface area contributed by atoms with Crippen LogP contribution >= 0.6 is 0 Å². The number of para-hydroxylation sites is 1. The van der Waals surface area contributed by atoms with E-state index in [0.717, 1.165) is 24.2 Å². The largest absolute Gasteiger partial charge is 0.410 e. The minimum Gasteiger partial charge on any atom is -0.408 e. The van der Waals surface area contributed by atoms with Gasteiger partial charge in [0.05, 0.1) is 11.6 Å². The molecule has 0 spiro atoms. The Morgan fingerprint density at radius 2 is 2.05 bits per heavy atom. The number of rotatable bonds is 2. The van der Waals surface area contributed by atoms with Crippen molar-refractivity contribution < 1.29 is 14.6 Å². The highest BCUT2D eigenvalue weighted by atomic mass is 16.5. The normalized spacial score (nSPS) is 28.7. The number of H-pyrrole nitrogens is 1. The second-order valence-corrected chi connectivity index (χ2v) is 6.30. The van der Waals surface area contributed by atoms with Crippen LogP contribution in [0, 0.1) is 11.8 Å². The summed E-state index contributed by atoms with van der Waals surface area (Å²) in [5.41, 5.74) is 6.53. The Morgan fingerprint density at radius 1 is 1.36 bits per heavy atom. The number of hydrogen-bond acceptors (Lipinski definition) is 4. The maximum atomic E-state index is 11.0. The van der Waals surface area contributed by atoms with Crippen molar-refractivity contribution in [1.29, 1.82) is 0 Å². The lowest BCUT2D eigenvalue weighted by Crippen LogP contribution is -2.31. The van der Waals surface area contributed by atoms with Gasteiger partial charge in [0.15, 0.2) is 5.75 Å². The molecule has 0 aliphatic heterocycles. The molecule has 1 aromatic heterocycles. The molecule has 2 atom stereocenters. The number of carbonyl (C=O) groups excluding carboxylic acids is 1. The average molecular weight is 303 g/mol. The molecule has 0 bridgehead atoms. The molecule has 6 nitrogen and oxygen atoms in total. The number of hydrogen-bond donors (Lipinski definition) is 3. The third-order valence-corrected chi connectivity index (χ3v) is 4.53. The first-order valence-corrected chi connectivity index (χ1v) is 7.59. The van der Waals surface area contributed by atoms with Crippen molar-refractivity contribution in [3.8, 4) is 5.75 Å². The van der Waals surface area contributed by atoms with Crippen LogP contribution in [0.1, 0.15) is 38.4 Å². The van der Waals surface area contributed by atoms with Gasteiger partial charge in [0.2, 0.25) is 0 Å². The molecule has 1 saturated carbocycles. The zero-order valence-corrected chi connectivity index (χ0v) is 12.7. The summed E-state index contributed by atoms with van der Waals surface area (Å²) < 4.78 is 5.02. The van der Waals surface area contributed by atoms with E-state index in [1.54, 1.807) is 12.1 Å². The fourth-order valence-corrected chi connectivity index (χ4v) is 3.72. The lowest BCUT2D eigenvalue weighted by molar-refractivity contribution is 0.0635. The van der Waals surface area contributed by atoms with Crippen LogP contribution in [0.15, 0.2) is 18.2 Å². The van der Waals surface area contributed by atoms with Crippen LogP contribution in [0.4, 0.5) is 4.79 Å². The highest BCUT2D eigenvalue weighted by molar-refractivity contribution is 5.84. The Hall–Kier alpha value is -2.08. The summed E-state index contributed by atoms with van der Waals surface area (Å²) in [6, 6.07) is 5.36. The number of fused-ring (bicyclic) bond motifs is 1. The molecule has 1 fully saturated rings. The summed E-state index contributed by atoms with van der Waals surface area (Å²) >= 11 is 0. The molecule has 1 aliphatic rings. The minimum atomic E-state index is -0.848. The summed E-state index contributed by atoms with van der Waals surface area (Å²) in [6.45, 7) is 4.27. The molecule has 1 aliphatic carbocycles. The number of primary amides is 1. The summed E-state index contributed by atoms with van der Waals surface area (Å²) in [6.07, 6.45) is 0.465. The summed E-state index contributed by atoms with van der Waals surface area (Å²) in [5, 5.41) is 9.90. The number of aliphatic hydroxyl groups is 1. The molecule has 1 amide bonds. The smallest absolute Gasteiger partial charge is 0.408 e. The van der Waals surface area contributed by atoms with E-state index in [0.29, 0.717) is 23.1 Å². The second kappa shape index (κ2) is 5.61. The number of amides is 1. The van der Waals surface area contributed by atoms with Crippen LogP contribution in [-0.4, -0.2) is 27.3 Å². The van der Waals surface area contributed by atoms with Crippen molar-refractivity contribution in [2.75, 3.05) is 0 Å². The topological polar surface area (TPSA) is 101 Å². The van der Waals surface area contributed by atoms with Crippen molar-refractivity contribution in [2.45, 2.75) is 38.7 Å². The first-order chi connectivity index (χ1) is 10.5. The van der Waals surface area contributed by atoms with Gasteiger partial charge < -0.3 is 20.6 Å². The van der Waals surface area contributed by atoms with E-state index in [-0.39, 0.29) is 12.0 Å². The van der Waals surface area contributed by atoms with Crippen LogP contribution in [0.25, 0.3) is 11.0 Å². The molecule has 6 heteroatoms. The molecule has 1 heterocycles. The molecule has 118 valence electrons. The number of ether oxygens (including phenoxy) is 1. The van der Waals surface area contributed by atoms with E-state index in [1.165, 1.54) is 0 Å². The highest BCUT2D eigenvalue weighted by Gasteiger charge is 2.35. The van der Waals surface area contributed by atoms with Gasteiger partial charge in [0.25, 0.3) is 0 Å². The second-order valence-electron chi connectivity index (χ2n) is 6.30. The quantitative estimate of drug-likeness (QED) is 0.793. The van der Waals surface area contributed by atoms with Crippen molar-refractivity contribution in [1.82, 2.24) is 9.97 Å². The van der Waals surface area contributed by atoms with Gasteiger partial charge in [0, 0.05) is 5.92 Å². The minimum absolute atomic E-state index is 0.237. The van der Waals surface area contributed by atoms with Gasteiger partial charge in [-0.15, -0.1) is 0 Å². The molecule has 4 N–H and O–H groups in total. The predicted octanol–water partition coefficient (Wildman–Crippen LogP) is 2.53. The number of nitrogens with one attached hydrogen (secondary N) is 1. The van der Waals surface area contributed by atoms with Gasteiger partial charge >= 0.3 is 6.09 Å². The Labute approximate surface area is 128 Å². The molecule has 0 radical (unpaired) electrons. The van der Waals surface area contributed by atoms with E-state index in [2.05, 4.69) is 23.8 Å². The monoisotopic (exact) mass is 303 g/mol. The first kappa shape index (κ1) is 14.8. The number of aromatic nitrogens is 2. The van der Waals surface area contributed by atoms with E-state index < -0.39 is 6.09 Å². The van der Waals surface area contributed by atoms with Gasteiger partial charge in [-0.25, -0.2) is 9.78 Å². The van der Waals surface area contributed by atoms with E-state index >= 15 is 0 Å². The summed E-state index contributed by atoms with van der Waals surface area (Å²) in [7, 11) is 0. The fraction of sp³-hybridized carbons (Fsp3) is 0.500. The van der Waals surface area contributed by atoms with Crippen molar-refractivity contribution in [3.05, 3.63) is 24.0 Å². The predicted molar refractivity (Wildman–Crippen MR) is 82.6 cm³/mol. The van der Waals surface area contributed by atoms with Crippen molar-refractivity contribution >= 4 is 17.1 Å². The van der Waals surface area contributed by atoms with Crippen LogP contribution in [0.3, 0.4) is 0 Å². The summed E-state index contributed by atoms with van der Waals surface area (Å²) in [5.74, 6) is 2.16. The number of nitrogens with two attached hydrogens (primary N) is 1. The highest BCUT2D eigenvalue weighted by Crippen LogP contribution is 2.41. The maximum absolute atomic E-state index is 11.0. The zero-order valence-electron chi connectivity index (χ0n) is 12.7. The first-order valence-electron chi connectivity index (χ1n) is 7.59. The number of nitrogens with zero attached hydrogens (tertiary/aromatic N) is 1. The number of aromatic amines is 1. The summed E-state index contributed by atoms with van der Waals surface area (Å²) in [4.78, 5) is 19.0.